The van der Waals surface area contributed by atoms with Gasteiger partial charge in [-0.2, -0.15) is 0 Å². The summed E-state index contributed by atoms with van der Waals surface area (Å²) in [4.78, 5) is 16.8. The Bertz CT molecular complexity index is 842. The van der Waals surface area contributed by atoms with Crippen LogP contribution in [0.25, 0.3) is 10.2 Å². The van der Waals surface area contributed by atoms with Crippen LogP contribution in [0.2, 0.25) is 0 Å². The molecule has 0 amide bonds. The minimum atomic E-state index is -0.351. The normalized spacial score (nSPS) is 20.5. The van der Waals surface area contributed by atoms with E-state index >= 15 is 0 Å². The van der Waals surface area contributed by atoms with E-state index in [0.717, 1.165) is 30.6 Å². The van der Waals surface area contributed by atoms with E-state index in [2.05, 4.69) is 18.2 Å². The molecule has 0 radical (unpaired) electrons. The molecule has 2 aromatic carbocycles. The van der Waals surface area contributed by atoms with Gasteiger partial charge in [0.2, 0.25) is 0 Å². The fraction of sp³-hybridized carbons (Fsp3) is 0.278. The number of nitro groups is 1. The molecule has 3 aromatic rings. The Hall–Kier alpha value is -2.31. The first kappa shape index (κ1) is 15.2. The molecule has 1 saturated heterocycles. The highest BCUT2D eigenvalue weighted by Crippen LogP contribution is 2.28. The summed E-state index contributed by atoms with van der Waals surface area (Å²) in [6.45, 7) is 2.01. The standard InChI is InChI=1S/C18H17N3O2S/c22-21(23)14-9-7-13(8-10-14)12-20-11-3-5-16(20)18-19-15-4-1-2-6-17(15)24-18/h1-2,4,6-10,16H,3,5,11-12H2/p+1/t16-/m0/s1. The Morgan fingerprint density at radius 2 is 2.00 bits per heavy atom. The quantitative estimate of drug-likeness (QED) is 0.586. The Labute approximate surface area is 143 Å². The lowest BCUT2D eigenvalue weighted by molar-refractivity contribution is -0.932. The molecule has 2 heterocycles. The Morgan fingerprint density at radius 1 is 1.21 bits per heavy atom. The molecule has 0 spiro atoms. The molecule has 2 atom stereocenters. The Kier molecular flexibility index (Phi) is 4.00. The maximum Gasteiger partial charge on any atom is 0.269 e. The van der Waals surface area contributed by atoms with Crippen molar-refractivity contribution in [1.29, 1.82) is 0 Å². The minimum absolute atomic E-state index is 0.151. The van der Waals surface area contributed by atoms with Crippen LogP contribution in [-0.4, -0.2) is 16.5 Å². The number of nitrogens with zero attached hydrogens (tertiary/aromatic N) is 2. The number of likely N-dealkylation sites (tertiary alicyclic amines) is 1. The van der Waals surface area contributed by atoms with Gasteiger partial charge in [0.25, 0.3) is 5.69 Å². The lowest BCUT2D eigenvalue weighted by atomic mass is 10.1. The zero-order valence-electron chi connectivity index (χ0n) is 13.1. The number of benzene rings is 2. The van der Waals surface area contributed by atoms with E-state index in [1.54, 1.807) is 23.5 Å². The van der Waals surface area contributed by atoms with Crippen LogP contribution in [0.4, 0.5) is 5.69 Å². The van der Waals surface area contributed by atoms with Crippen molar-refractivity contribution in [3.05, 3.63) is 69.2 Å². The summed E-state index contributed by atoms with van der Waals surface area (Å²) < 4.78 is 1.24. The van der Waals surface area contributed by atoms with Crippen molar-refractivity contribution in [2.24, 2.45) is 0 Å². The SMILES string of the molecule is O=[N+]([O-])c1ccc(C[NH+]2CCC[C@H]2c2nc3ccccc3s2)cc1. The van der Waals surface area contributed by atoms with Gasteiger partial charge in [0.1, 0.15) is 12.6 Å². The van der Waals surface area contributed by atoms with Gasteiger partial charge in [0, 0.05) is 30.5 Å². The molecule has 122 valence electrons. The average Bonchev–Trinajstić information content (AvgIpc) is 3.21. The minimum Gasteiger partial charge on any atom is -0.323 e. The van der Waals surface area contributed by atoms with Crippen molar-refractivity contribution in [3.63, 3.8) is 0 Å². The number of para-hydroxylation sites is 1. The van der Waals surface area contributed by atoms with Crippen LogP contribution < -0.4 is 4.90 Å². The molecule has 5 nitrogen and oxygen atoms in total. The van der Waals surface area contributed by atoms with Crippen LogP contribution in [0, 0.1) is 10.1 Å². The largest absolute Gasteiger partial charge is 0.323 e. The van der Waals surface area contributed by atoms with Gasteiger partial charge in [0.15, 0.2) is 5.01 Å². The molecular weight excluding hydrogens is 322 g/mol. The van der Waals surface area contributed by atoms with Gasteiger partial charge in [-0.1, -0.05) is 12.1 Å². The van der Waals surface area contributed by atoms with Crippen LogP contribution in [-0.2, 0) is 6.54 Å². The second kappa shape index (κ2) is 6.30. The molecule has 0 saturated carbocycles. The van der Waals surface area contributed by atoms with E-state index in [9.17, 15) is 10.1 Å². The molecular formula is C18H18N3O2S+. The van der Waals surface area contributed by atoms with E-state index in [4.69, 9.17) is 4.98 Å². The van der Waals surface area contributed by atoms with E-state index in [1.807, 2.05) is 18.2 Å². The van der Waals surface area contributed by atoms with E-state index in [0.29, 0.717) is 6.04 Å². The summed E-state index contributed by atoms with van der Waals surface area (Å²) in [6, 6.07) is 15.6. The molecule has 24 heavy (non-hydrogen) atoms. The molecule has 4 rings (SSSR count). The van der Waals surface area contributed by atoms with E-state index in [-0.39, 0.29) is 10.6 Å². The van der Waals surface area contributed by atoms with Gasteiger partial charge in [-0.05, 0) is 24.3 Å². The molecule has 1 unspecified atom stereocenters. The molecule has 1 aliphatic heterocycles. The van der Waals surface area contributed by atoms with Crippen molar-refractivity contribution in [3.8, 4) is 0 Å². The van der Waals surface area contributed by atoms with Crippen molar-refractivity contribution < 1.29 is 9.82 Å². The zero-order valence-corrected chi connectivity index (χ0v) is 14.0. The van der Waals surface area contributed by atoms with Crippen LogP contribution in [0.3, 0.4) is 0 Å². The first-order valence-corrected chi connectivity index (χ1v) is 8.96. The number of fused-ring (bicyclic) bond motifs is 1. The summed E-state index contributed by atoms with van der Waals surface area (Å²) in [5, 5.41) is 12.0. The predicted molar refractivity (Wildman–Crippen MR) is 94.2 cm³/mol. The lowest BCUT2D eigenvalue weighted by Gasteiger charge is -2.19. The molecule has 0 aliphatic carbocycles. The van der Waals surface area contributed by atoms with Crippen molar-refractivity contribution >= 4 is 27.2 Å². The molecule has 1 N–H and O–H groups in total. The molecule has 6 heteroatoms. The first-order chi connectivity index (χ1) is 11.7. The molecule has 0 bridgehead atoms. The van der Waals surface area contributed by atoms with Gasteiger partial charge in [-0.25, -0.2) is 4.98 Å². The summed E-state index contributed by atoms with van der Waals surface area (Å²) in [5.41, 5.74) is 2.38. The van der Waals surface area contributed by atoms with Gasteiger partial charge in [-0.15, -0.1) is 11.3 Å². The highest BCUT2D eigenvalue weighted by molar-refractivity contribution is 7.18. The molecule has 1 aromatic heterocycles. The smallest absolute Gasteiger partial charge is 0.269 e. The molecule has 1 fully saturated rings. The van der Waals surface area contributed by atoms with Gasteiger partial charge in [-0.3, -0.25) is 10.1 Å². The number of hydrogen-bond donors (Lipinski definition) is 1. The van der Waals surface area contributed by atoms with E-state index < -0.39 is 0 Å². The maximum atomic E-state index is 10.8. The average molecular weight is 340 g/mol. The zero-order chi connectivity index (χ0) is 16.5. The van der Waals surface area contributed by atoms with Gasteiger partial charge >= 0.3 is 0 Å². The topological polar surface area (TPSA) is 60.5 Å². The van der Waals surface area contributed by atoms with Gasteiger partial charge in [0.05, 0.1) is 21.7 Å². The third-order valence-electron chi connectivity index (χ3n) is 4.67. The number of quaternary nitrogens is 1. The highest BCUT2D eigenvalue weighted by atomic mass is 32.1. The number of nitrogens with one attached hydrogen (secondary N) is 1. The summed E-state index contributed by atoms with van der Waals surface area (Å²) in [5.74, 6) is 0. The fourth-order valence-electron chi connectivity index (χ4n) is 3.46. The summed E-state index contributed by atoms with van der Waals surface area (Å²) in [7, 11) is 0. The number of non-ortho nitro benzene ring substituents is 1. The highest BCUT2D eigenvalue weighted by Gasteiger charge is 2.32. The van der Waals surface area contributed by atoms with Crippen LogP contribution in [0.15, 0.2) is 48.5 Å². The van der Waals surface area contributed by atoms with Crippen molar-refractivity contribution in [1.82, 2.24) is 4.98 Å². The lowest BCUT2D eigenvalue weighted by Crippen LogP contribution is -3.08. The van der Waals surface area contributed by atoms with Crippen LogP contribution >= 0.6 is 11.3 Å². The molecule has 1 aliphatic rings. The number of rotatable bonds is 4. The van der Waals surface area contributed by atoms with Crippen molar-refractivity contribution in [2.45, 2.75) is 25.4 Å². The van der Waals surface area contributed by atoms with E-state index in [1.165, 1.54) is 21.0 Å². The monoisotopic (exact) mass is 340 g/mol. The predicted octanol–water partition coefficient (Wildman–Crippen LogP) is 3.12. The maximum absolute atomic E-state index is 10.8. The second-order valence-electron chi connectivity index (χ2n) is 6.22. The fourth-order valence-corrected chi connectivity index (χ4v) is 4.62. The Balaban J connectivity index is 1.55. The second-order valence-corrected chi connectivity index (χ2v) is 7.29. The number of aromatic nitrogens is 1. The number of hydrogen-bond acceptors (Lipinski definition) is 4. The van der Waals surface area contributed by atoms with Crippen LogP contribution in [0.5, 0.6) is 0 Å². The summed E-state index contributed by atoms with van der Waals surface area (Å²) in [6.07, 6.45) is 2.35. The number of thiazole rings is 1. The van der Waals surface area contributed by atoms with Gasteiger partial charge < -0.3 is 4.90 Å². The third-order valence-corrected chi connectivity index (χ3v) is 5.82. The Morgan fingerprint density at radius 3 is 2.75 bits per heavy atom. The first-order valence-electron chi connectivity index (χ1n) is 8.14. The van der Waals surface area contributed by atoms with Crippen LogP contribution in [0.1, 0.15) is 29.5 Å². The summed E-state index contributed by atoms with van der Waals surface area (Å²) >= 11 is 1.79. The third kappa shape index (κ3) is 2.90. The van der Waals surface area contributed by atoms with Crippen molar-refractivity contribution in [2.75, 3.05) is 6.54 Å². The number of nitro benzene ring substituents is 1.